The van der Waals surface area contributed by atoms with Gasteiger partial charge in [-0.1, -0.05) is 311 Å². The Bertz CT molecular complexity index is 2420. The van der Waals surface area contributed by atoms with Gasteiger partial charge in [-0.15, -0.1) is 0 Å². The van der Waals surface area contributed by atoms with Crippen molar-refractivity contribution in [2.45, 2.75) is 323 Å². The summed E-state index contributed by atoms with van der Waals surface area (Å²) in [4.78, 5) is 0. The lowest BCUT2D eigenvalue weighted by molar-refractivity contribution is 0.267. The second-order valence-corrected chi connectivity index (χ2v) is 31.1. The molecular weight excluding hydrogens is 1110 g/mol. The molecule has 0 aliphatic heterocycles. The Labute approximate surface area is 563 Å². The molecule has 0 spiro atoms. The molecule has 0 fully saturated rings. The van der Waals surface area contributed by atoms with Crippen molar-refractivity contribution in [3.05, 3.63) is 105 Å². The third-order valence-corrected chi connectivity index (χ3v) is 20.0. The number of unbranched alkanes of at least 4 members (excludes halogenated alkanes) is 10. The largest absolute Gasteiger partial charge is 0.493 e. The first-order valence-electron chi connectivity index (χ1n) is 38.4. The van der Waals surface area contributed by atoms with Gasteiger partial charge in [0.1, 0.15) is 23.0 Å². The molecule has 1 aliphatic rings. The van der Waals surface area contributed by atoms with Crippen molar-refractivity contribution in [1.29, 1.82) is 0 Å². The molecule has 4 heteroatoms. The molecule has 4 aromatic rings. The smallest absolute Gasteiger partial charge is 0.127 e. The minimum Gasteiger partial charge on any atom is -0.493 e. The summed E-state index contributed by atoms with van der Waals surface area (Å²) in [7, 11) is 0. The topological polar surface area (TPSA) is 36.9 Å². The van der Waals surface area contributed by atoms with Crippen molar-refractivity contribution < 1.29 is 18.9 Å². The van der Waals surface area contributed by atoms with Gasteiger partial charge in [0.25, 0.3) is 0 Å². The molecule has 4 aromatic carbocycles. The quantitative estimate of drug-likeness (QED) is 0.0326. The number of hydrogen-bond donors (Lipinski definition) is 0. The van der Waals surface area contributed by atoms with Crippen molar-refractivity contribution in [1.82, 2.24) is 0 Å². The van der Waals surface area contributed by atoms with Crippen LogP contribution >= 0.6 is 0 Å². The van der Waals surface area contributed by atoms with Crippen molar-refractivity contribution in [3.63, 3.8) is 0 Å². The summed E-state index contributed by atoms with van der Waals surface area (Å²) in [5.41, 5.74) is 13.7. The van der Waals surface area contributed by atoms with Crippen LogP contribution in [0.2, 0.25) is 0 Å². The lowest BCUT2D eigenvalue weighted by atomic mass is 9.70. The van der Waals surface area contributed by atoms with Gasteiger partial charge in [0.15, 0.2) is 0 Å². The average Bonchev–Trinajstić information content (AvgIpc) is 1.58. The molecule has 91 heavy (non-hydrogen) atoms. The lowest BCUT2D eigenvalue weighted by Gasteiger charge is -2.33. The van der Waals surface area contributed by atoms with E-state index < -0.39 is 0 Å². The fourth-order valence-corrected chi connectivity index (χ4v) is 13.7. The molecule has 0 saturated heterocycles. The van der Waals surface area contributed by atoms with Crippen LogP contribution in [0.3, 0.4) is 0 Å². The SMILES string of the molecule is CCCCCCCCC1(CCCCCCCC)c2cc(C)ccc2-c2ccc(C)cc21.Cc1cc(OCCC(C)CCCC(C)C)c(C=Cc2cc(OCCC(C)CCCC(C)C)c(C)cc2OCCC(C)CCCC(C)C)cc1OCCC(C)CCCC(C)C. The molecule has 514 valence electrons. The lowest BCUT2D eigenvalue weighted by Crippen LogP contribution is -2.25. The summed E-state index contributed by atoms with van der Waals surface area (Å²) in [6.07, 6.45) is 43.3. The minimum absolute atomic E-state index is 0.234. The monoisotopic (exact) mass is 1250 g/mol. The molecule has 0 aromatic heterocycles. The maximum Gasteiger partial charge on any atom is 0.127 e. The Morgan fingerprint density at radius 1 is 0.319 bits per heavy atom. The molecule has 0 bridgehead atoms. The predicted octanol–water partition coefficient (Wildman–Crippen LogP) is 27.5. The van der Waals surface area contributed by atoms with Gasteiger partial charge >= 0.3 is 0 Å². The average molecular weight is 1250 g/mol. The van der Waals surface area contributed by atoms with Gasteiger partial charge in [-0.05, 0) is 171 Å². The summed E-state index contributed by atoms with van der Waals surface area (Å²) in [5.74, 6) is 9.36. The van der Waals surface area contributed by atoms with Crippen LogP contribution in [0.1, 0.15) is 334 Å². The van der Waals surface area contributed by atoms with E-state index in [9.17, 15) is 0 Å². The number of fused-ring (bicyclic) bond motifs is 3. The third-order valence-electron chi connectivity index (χ3n) is 20.0. The normalized spacial score (nSPS) is 14.0. The zero-order valence-corrected chi connectivity index (χ0v) is 62.7. The van der Waals surface area contributed by atoms with E-state index in [2.05, 4.69) is 197 Å². The van der Waals surface area contributed by atoms with Gasteiger partial charge in [-0.25, -0.2) is 0 Å². The van der Waals surface area contributed by atoms with Crippen LogP contribution in [0.25, 0.3) is 23.3 Å². The molecule has 0 saturated carbocycles. The van der Waals surface area contributed by atoms with Crippen LogP contribution in [-0.4, -0.2) is 26.4 Å². The van der Waals surface area contributed by atoms with Crippen LogP contribution < -0.4 is 18.9 Å². The van der Waals surface area contributed by atoms with Gasteiger partial charge in [0, 0.05) is 16.5 Å². The summed E-state index contributed by atoms with van der Waals surface area (Å²) in [6, 6.07) is 23.3. The maximum atomic E-state index is 6.63. The van der Waals surface area contributed by atoms with Crippen molar-refractivity contribution >= 4 is 12.2 Å². The van der Waals surface area contributed by atoms with E-state index in [1.165, 1.54) is 189 Å². The summed E-state index contributed by atoms with van der Waals surface area (Å²) < 4.78 is 26.3. The first-order valence-corrected chi connectivity index (χ1v) is 38.4. The molecule has 5 rings (SSSR count). The van der Waals surface area contributed by atoms with Gasteiger partial charge in [-0.2, -0.15) is 0 Å². The molecule has 4 atom stereocenters. The van der Waals surface area contributed by atoms with E-state index in [4.69, 9.17) is 18.9 Å². The highest BCUT2D eigenvalue weighted by Gasteiger charge is 2.42. The third kappa shape index (κ3) is 30.4. The number of rotatable bonds is 48. The van der Waals surface area contributed by atoms with Gasteiger partial charge < -0.3 is 18.9 Å². The zero-order chi connectivity index (χ0) is 66.6. The second kappa shape index (κ2) is 44.5. The number of aryl methyl sites for hydroxylation is 4. The molecule has 1 aliphatic carbocycles. The Morgan fingerprint density at radius 2 is 0.615 bits per heavy atom. The molecule has 0 radical (unpaired) electrons. The Morgan fingerprint density at radius 3 is 0.923 bits per heavy atom. The fourth-order valence-electron chi connectivity index (χ4n) is 13.7. The van der Waals surface area contributed by atoms with E-state index in [0.717, 1.165) is 108 Å². The highest BCUT2D eigenvalue weighted by Crippen LogP contribution is 2.55. The maximum absolute atomic E-state index is 6.63. The van der Waals surface area contributed by atoms with Crippen molar-refractivity contribution in [2.24, 2.45) is 47.3 Å². The Balaban J connectivity index is 0.000000473. The van der Waals surface area contributed by atoms with Gasteiger partial charge in [-0.3, -0.25) is 0 Å². The van der Waals surface area contributed by atoms with E-state index in [1.807, 2.05) is 0 Å². The van der Waals surface area contributed by atoms with Crippen LogP contribution in [0, 0.1) is 75.0 Å². The molecule has 4 nitrogen and oxygen atoms in total. The van der Waals surface area contributed by atoms with E-state index in [0.29, 0.717) is 36.9 Å². The Kier molecular flexibility index (Phi) is 38.7. The molecule has 4 unspecified atom stereocenters. The molecule has 0 amide bonds. The van der Waals surface area contributed by atoms with Gasteiger partial charge in [0.2, 0.25) is 0 Å². The number of benzene rings is 4. The highest BCUT2D eigenvalue weighted by molar-refractivity contribution is 5.82. The number of ether oxygens (including phenoxy) is 4. The standard InChI is InChI=1S/C56H96O4.C31H46/c1-41(2)19-15-23-45(9)29-33-57-53-39-51(55(37-49(53)13)59-35-31-47(11)25-17-21-43(5)6)27-28-52-40-54(58-34-30-46(10)24-16-20-42(3)4)50(14)38-56(52)60-36-32-48(12)26-18-22-44(7)8;1-5-7-9-11-13-15-21-31(22-16-14-12-10-8-6-2)29-23-25(3)17-19-27(29)28-20-18-26(4)24-30(28)31/h27-28,37-48H,15-26,29-36H2,1-14H3;17-20,23-24H,5-16,21-22H2,1-4H3. The first kappa shape index (κ1) is 79.3. The van der Waals surface area contributed by atoms with E-state index >= 15 is 0 Å². The van der Waals surface area contributed by atoms with Crippen LogP contribution in [0.5, 0.6) is 23.0 Å². The first-order chi connectivity index (χ1) is 43.7. The van der Waals surface area contributed by atoms with Crippen molar-refractivity contribution in [3.8, 4) is 34.1 Å². The Hall–Kier alpha value is -4.18. The van der Waals surface area contributed by atoms with Crippen LogP contribution in [0.15, 0.2) is 60.7 Å². The highest BCUT2D eigenvalue weighted by atomic mass is 16.5. The van der Waals surface area contributed by atoms with E-state index in [-0.39, 0.29) is 5.41 Å². The zero-order valence-electron chi connectivity index (χ0n) is 62.7. The molecule has 0 N–H and O–H groups in total. The number of hydrogen-bond acceptors (Lipinski definition) is 4. The van der Waals surface area contributed by atoms with E-state index in [1.54, 1.807) is 11.1 Å². The molecular formula is C87H142O4. The summed E-state index contributed by atoms with van der Waals surface area (Å²) >= 11 is 0. The van der Waals surface area contributed by atoms with Crippen molar-refractivity contribution in [2.75, 3.05) is 26.4 Å². The predicted molar refractivity (Wildman–Crippen MR) is 401 cm³/mol. The van der Waals surface area contributed by atoms with Crippen LogP contribution in [-0.2, 0) is 5.41 Å². The summed E-state index contributed by atoms with van der Waals surface area (Å²) in [5, 5.41) is 0. The fraction of sp³-hybridized carbons (Fsp3) is 0.701. The molecule has 0 heterocycles. The van der Waals surface area contributed by atoms with Crippen LogP contribution in [0.4, 0.5) is 0 Å². The second-order valence-electron chi connectivity index (χ2n) is 31.1. The summed E-state index contributed by atoms with van der Waals surface area (Å²) in [6.45, 7) is 44.4. The van der Waals surface area contributed by atoms with Gasteiger partial charge in [0.05, 0.1) is 26.4 Å². The minimum atomic E-state index is 0.234.